The second-order valence-electron chi connectivity index (χ2n) is 6.84. The molecule has 1 N–H and O–H groups in total. The number of piperidine rings is 1. The van der Waals surface area contributed by atoms with Gasteiger partial charge in [0.1, 0.15) is 5.69 Å². The lowest BCUT2D eigenvalue weighted by molar-refractivity contribution is 0.158. The lowest BCUT2D eigenvalue weighted by Crippen LogP contribution is -2.37. The van der Waals surface area contributed by atoms with Crippen LogP contribution in [-0.4, -0.2) is 44.6 Å². The number of hydrogen-bond acceptors (Lipinski definition) is 4. The van der Waals surface area contributed by atoms with E-state index in [1.807, 2.05) is 10.9 Å². The number of nitrogens with zero attached hydrogens (tertiary/aromatic N) is 4. The zero-order chi connectivity index (χ0) is 15.9. The van der Waals surface area contributed by atoms with E-state index in [1.165, 1.54) is 25.0 Å². The fourth-order valence-corrected chi connectivity index (χ4v) is 3.12. The van der Waals surface area contributed by atoms with Gasteiger partial charge in [-0.1, -0.05) is 23.8 Å². The van der Waals surface area contributed by atoms with Crippen molar-refractivity contribution in [3.63, 3.8) is 0 Å². The van der Waals surface area contributed by atoms with E-state index in [0.29, 0.717) is 11.7 Å². The fraction of sp³-hybridized carbons (Fsp3) is 0.765. The van der Waals surface area contributed by atoms with E-state index >= 15 is 0 Å². The third-order valence-electron chi connectivity index (χ3n) is 4.43. The van der Waals surface area contributed by atoms with Gasteiger partial charge in [0.15, 0.2) is 0 Å². The van der Waals surface area contributed by atoms with Crippen LogP contribution in [0, 0.1) is 5.92 Å². The summed E-state index contributed by atoms with van der Waals surface area (Å²) in [4.78, 5) is 2.58. The van der Waals surface area contributed by atoms with Gasteiger partial charge in [0.25, 0.3) is 0 Å². The third kappa shape index (κ3) is 5.21. The Morgan fingerprint density at radius 3 is 2.73 bits per heavy atom. The molecular weight excluding hydrogens is 276 g/mol. The van der Waals surface area contributed by atoms with Crippen LogP contribution in [0.4, 0.5) is 0 Å². The predicted molar refractivity (Wildman–Crippen MR) is 88.5 cm³/mol. The van der Waals surface area contributed by atoms with Crippen molar-refractivity contribution in [2.45, 2.75) is 59.1 Å². The summed E-state index contributed by atoms with van der Waals surface area (Å²) in [5.41, 5.74) is 2.08. The van der Waals surface area contributed by atoms with E-state index in [4.69, 9.17) is 5.11 Å². The molecule has 1 aliphatic rings. The van der Waals surface area contributed by atoms with Gasteiger partial charge < -0.3 is 10.0 Å². The highest BCUT2D eigenvalue weighted by molar-refractivity contribution is 4.93. The molecule has 2 rings (SSSR count). The first-order valence-electron chi connectivity index (χ1n) is 8.45. The smallest absolute Gasteiger partial charge is 0.108 e. The van der Waals surface area contributed by atoms with Gasteiger partial charge in [-0.25, -0.2) is 4.68 Å². The molecule has 0 unspecified atom stereocenters. The Morgan fingerprint density at radius 2 is 2.14 bits per heavy atom. The average Bonchev–Trinajstić information content (AvgIpc) is 2.96. The zero-order valence-corrected chi connectivity index (χ0v) is 14.2. The molecule has 5 nitrogen and oxygen atoms in total. The molecule has 22 heavy (non-hydrogen) atoms. The van der Waals surface area contributed by atoms with Crippen molar-refractivity contribution in [3.05, 3.63) is 23.5 Å². The molecule has 1 aliphatic heterocycles. The Morgan fingerprint density at radius 1 is 1.41 bits per heavy atom. The van der Waals surface area contributed by atoms with E-state index in [2.05, 4.69) is 42.1 Å². The van der Waals surface area contributed by atoms with Crippen LogP contribution in [0.5, 0.6) is 0 Å². The van der Waals surface area contributed by atoms with Crippen LogP contribution in [0.15, 0.2) is 17.8 Å². The molecule has 5 heteroatoms. The van der Waals surface area contributed by atoms with Crippen molar-refractivity contribution in [1.29, 1.82) is 0 Å². The molecule has 0 saturated carbocycles. The van der Waals surface area contributed by atoms with E-state index in [0.717, 1.165) is 31.8 Å². The largest absolute Gasteiger partial charge is 0.390 e. The number of allylic oxidation sites excluding steroid dienone is 2. The first-order valence-corrected chi connectivity index (χ1v) is 8.45. The molecule has 1 saturated heterocycles. The van der Waals surface area contributed by atoms with Crippen molar-refractivity contribution >= 4 is 0 Å². The number of aliphatic hydroxyl groups is 1. The van der Waals surface area contributed by atoms with Crippen LogP contribution in [-0.2, 0) is 6.61 Å². The van der Waals surface area contributed by atoms with Gasteiger partial charge in [-0.2, -0.15) is 0 Å². The minimum Gasteiger partial charge on any atom is -0.390 e. The van der Waals surface area contributed by atoms with Gasteiger partial charge in [-0.3, -0.25) is 0 Å². The maximum Gasteiger partial charge on any atom is 0.108 e. The van der Waals surface area contributed by atoms with Gasteiger partial charge in [0.2, 0.25) is 0 Å². The molecular formula is C17H30N4O. The van der Waals surface area contributed by atoms with E-state index in [-0.39, 0.29) is 6.61 Å². The lowest BCUT2D eigenvalue weighted by Gasteiger charge is -2.33. The standard InChI is InChI=1S/C17H30N4O/c1-14(2)5-4-6-15(3)11-20-9-7-17(8-10-20)21-12-16(13-22)18-19-21/h5,12,15,17,22H,4,6-11,13H2,1-3H3/t15-/m1/s1. The monoisotopic (exact) mass is 306 g/mol. The number of hydrogen-bond donors (Lipinski definition) is 1. The van der Waals surface area contributed by atoms with Crippen LogP contribution in [0.1, 0.15) is 58.2 Å². The van der Waals surface area contributed by atoms with Gasteiger partial charge in [0.05, 0.1) is 18.8 Å². The summed E-state index contributed by atoms with van der Waals surface area (Å²) in [6.45, 7) is 10.1. The summed E-state index contributed by atoms with van der Waals surface area (Å²) >= 11 is 0. The third-order valence-corrected chi connectivity index (χ3v) is 4.43. The molecule has 0 spiro atoms. The summed E-state index contributed by atoms with van der Waals surface area (Å²) in [5, 5.41) is 17.2. The van der Waals surface area contributed by atoms with Gasteiger partial charge >= 0.3 is 0 Å². The first kappa shape index (κ1) is 17.2. The summed E-state index contributed by atoms with van der Waals surface area (Å²) in [6.07, 6.45) is 8.93. The van der Waals surface area contributed by atoms with Crippen molar-refractivity contribution in [1.82, 2.24) is 19.9 Å². The lowest BCUT2D eigenvalue weighted by atomic mass is 10.0. The second kappa shape index (κ2) is 8.44. The maximum absolute atomic E-state index is 9.07. The summed E-state index contributed by atoms with van der Waals surface area (Å²) < 4.78 is 1.93. The van der Waals surface area contributed by atoms with Gasteiger partial charge in [0, 0.05) is 19.6 Å². The maximum atomic E-state index is 9.07. The van der Waals surface area contributed by atoms with Crippen molar-refractivity contribution in [2.24, 2.45) is 5.92 Å². The Labute approximate surface area is 134 Å². The van der Waals surface area contributed by atoms with Gasteiger partial charge in [-0.05, 0) is 45.4 Å². The number of rotatable bonds is 7. The molecule has 1 fully saturated rings. The second-order valence-corrected chi connectivity index (χ2v) is 6.84. The molecule has 124 valence electrons. The summed E-state index contributed by atoms with van der Waals surface area (Å²) in [7, 11) is 0. The summed E-state index contributed by atoms with van der Waals surface area (Å²) in [6, 6.07) is 0.435. The van der Waals surface area contributed by atoms with Gasteiger partial charge in [-0.15, -0.1) is 5.10 Å². The Bertz CT molecular complexity index is 471. The normalized spacial score (nSPS) is 18.4. The molecule has 0 radical (unpaired) electrons. The van der Waals surface area contributed by atoms with Crippen LogP contribution < -0.4 is 0 Å². The van der Waals surface area contributed by atoms with Crippen LogP contribution in [0.25, 0.3) is 0 Å². The highest BCUT2D eigenvalue weighted by Gasteiger charge is 2.22. The summed E-state index contributed by atoms with van der Waals surface area (Å²) in [5.74, 6) is 0.750. The number of aromatic nitrogens is 3. The fourth-order valence-electron chi connectivity index (χ4n) is 3.12. The Kier molecular flexibility index (Phi) is 6.58. The van der Waals surface area contributed by atoms with Crippen LogP contribution in [0.2, 0.25) is 0 Å². The van der Waals surface area contributed by atoms with Crippen molar-refractivity contribution in [3.8, 4) is 0 Å². The molecule has 0 aliphatic carbocycles. The van der Waals surface area contributed by atoms with Crippen molar-refractivity contribution < 1.29 is 5.11 Å². The quantitative estimate of drug-likeness (QED) is 0.787. The van der Waals surface area contributed by atoms with Crippen LogP contribution in [0.3, 0.4) is 0 Å². The number of likely N-dealkylation sites (tertiary alicyclic amines) is 1. The van der Waals surface area contributed by atoms with Crippen molar-refractivity contribution in [2.75, 3.05) is 19.6 Å². The highest BCUT2D eigenvalue weighted by Crippen LogP contribution is 2.23. The van der Waals surface area contributed by atoms with Crippen LogP contribution >= 0.6 is 0 Å². The Balaban J connectivity index is 1.71. The zero-order valence-electron chi connectivity index (χ0n) is 14.2. The predicted octanol–water partition coefficient (Wildman–Crippen LogP) is 2.79. The minimum atomic E-state index is -0.0258. The minimum absolute atomic E-state index is 0.0258. The average molecular weight is 306 g/mol. The van der Waals surface area contributed by atoms with E-state index in [9.17, 15) is 0 Å². The molecule has 2 heterocycles. The molecule has 0 aromatic carbocycles. The highest BCUT2D eigenvalue weighted by atomic mass is 16.3. The molecule has 1 aromatic heterocycles. The molecule has 0 bridgehead atoms. The molecule has 1 aromatic rings. The van der Waals surface area contributed by atoms with E-state index in [1.54, 1.807) is 0 Å². The van der Waals surface area contributed by atoms with E-state index < -0.39 is 0 Å². The topological polar surface area (TPSA) is 54.2 Å². The molecule has 1 atom stereocenters. The SMILES string of the molecule is CC(C)=CCC[C@@H](C)CN1CCC(n2cc(CO)nn2)CC1. The number of aliphatic hydroxyl groups excluding tert-OH is 1. The first-order chi connectivity index (χ1) is 10.6. The molecule has 0 amide bonds. The Hall–Kier alpha value is -1.20.